The Morgan fingerprint density at radius 1 is 1.33 bits per heavy atom. The molecular formula is C14H11N3O. The quantitative estimate of drug-likeness (QED) is 0.813. The highest BCUT2D eigenvalue weighted by molar-refractivity contribution is 6.02. The second-order valence-electron chi connectivity index (χ2n) is 3.72. The Labute approximate surface area is 105 Å². The van der Waals surface area contributed by atoms with Crippen LogP contribution in [0.1, 0.15) is 21.7 Å². The molecule has 4 heteroatoms. The Morgan fingerprint density at radius 2 is 2.17 bits per heavy atom. The minimum absolute atomic E-state index is 0.270. The third-order valence-electron chi connectivity index (χ3n) is 2.30. The van der Waals surface area contributed by atoms with E-state index in [1.807, 2.05) is 6.92 Å². The molecule has 0 aliphatic carbocycles. The molecule has 1 aromatic carbocycles. The lowest BCUT2D eigenvalue weighted by atomic mass is 10.2. The number of terminal acetylenes is 1. The maximum atomic E-state index is 11.9. The number of carbonyl (C=O) groups excluding carboxylic acids is 1. The number of nitrogens with one attached hydrogen (secondary N) is 1. The first kappa shape index (κ1) is 11.8. The van der Waals surface area contributed by atoms with Crippen molar-refractivity contribution in [1.29, 1.82) is 0 Å². The predicted octanol–water partition coefficient (Wildman–Crippen LogP) is 2.02. The Kier molecular flexibility index (Phi) is 3.35. The molecule has 0 saturated heterocycles. The summed E-state index contributed by atoms with van der Waals surface area (Å²) < 4.78 is 0. The summed E-state index contributed by atoms with van der Waals surface area (Å²) in [5.74, 6) is 2.20. The van der Waals surface area contributed by atoms with Crippen molar-refractivity contribution in [1.82, 2.24) is 9.97 Å². The monoisotopic (exact) mass is 237 g/mol. The molecule has 1 aromatic heterocycles. The third-order valence-corrected chi connectivity index (χ3v) is 2.30. The molecule has 0 unspecified atom stereocenters. The summed E-state index contributed by atoms with van der Waals surface area (Å²) in [5.41, 5.74) is 2.38. The molecule has 0 atom stereocenters. The van der Waals surface area contributed by atoms with Gasteiger partial charge in [-0.25, -0.2) is 4.98 Å². The number of aryl methyl sites for hydroxylation is 1. The molecule has 0 fully saturated rings. The van der Waals surface area contributed by atoms with E-state index in [9.17, 15) is 4.79 Å². The fraction of sp³-hybridized carbons (Fsp3) is 0.0714. The van der Waals surface area contributed by atoms with Crippen LogP contribution in [0.15, 0.2) is 36.7 Å². The molecule has 0 aliphatic heterocycles. The van der Waals surface area contributed by atoms with E-state index in [0.29, 0.717) is 11.3 Å². The Hall–Kier alpha value is -2.67. The van der Waals surface area contributed by atoms with Gasteiger partial charge in [-0.2, -0.15) is 0 Å². The molecule has 88 valence electrons. The molecule has 2 aromatic rings. The highest BCUT2D eigenvalue weighted by Gasteiger charge is 2.07. The fourth-order valence-electron chi connectivity index (χ4n) is 1.39. The summed E-state index contributed by atoms with van der Waals surface area (Å²) in [4.78, 5) is 19.9. The largest absolute Gasteiger partial charge is 0.321 e. The highest BCUT2D eigenvalue weighted by Crippen LogP contribution is 2.10. The van der Waals surface area contributed by atoms with Gasteiger partial charge in [0.2, 0.25) is 0 Å². The summed E-state index contributed by atoms with van der Waals surface area (Å²) >= 11 is 0. The minimum Gasteiger partial charge on any atom is -0.321 e. The first-order chi connectivity index (χ1) is 8.69. The first-order valence-corrected chi connectivity index (χ1v) is 5.36. The molecule has 0 radical (unpaired) electrons. The second-order valence-corrected chi connectivity index (χ2v) is 3.72. The van der Waals surface area contributed by atoms with E-state index in [2.05, 4.69) is 21.2 Å². The van der Waals surface area contributed by atoms with Gasteiger partial charge in [0, 0.05) is 17.4 Å². The van der Waals surface area contributed by atoms with Crippen molar-refractivity contribution in [3.05, 3.63) is 53.6 Å². The van der Waals surface area contributed by atoms with E-state index in [0.717, 1.165) is 5.69 Å². The van der Waals surface area contributed by atoms with Gasteiger partial charge in [-0.15, -0.1) is 6.42 Å². The molecule has 18 heavy (non-hydrogen) atoms. The van der Waals surface area contributed by atoms with Crippen LogP contribution in [-0.2, 0) is 0 Å². The lowest BCUT2D eigenvalue weighted by Crippen LogP contribution is -2.14. The van der Waals surface area contributed by atoms with Gasteiger partial charge in [0.25, 0.3) is 5.91 Å². The Balaban J connectivity index is 2.16. The van der Waals surface area contributed by atoms with E-state index in [4.69, 9.17) is 6.42 Å². The lowest BCUT2D eigenvalue weighted by Gasteiger charge is -2.04. The minimum atomic E-state index is -0.309. The van der Waals surface area contributed by atoms with E-state index in [1.165, 1.54) is 6.20 Å². The number of rotatable bonds is 2. The zero-order valence-electron chi connectivity index (χ0n) is 9.84. The summed E-state index contributed by atoms with van der Waals surface area (Å²) in [6, 6.07) is 7.06. The van der Waals surface area contributed by atoms with Gasteiger partial charge in [0.05, 0.1) is 11.9 Å². The van der Waals surface area contributed by atoms with Gasteiger partial charge in [-0.3, -0.25) is 9.78 Å². The van der Waals surface area contributed by atoms with Crippen LogP contribution in [0.3, 0.4) is 0 Å². The van der Waals surface area contributed by atoms with Gasteiger partial charge < -0.3 is 5.32 Å². The fourth-order valence-corrected chi connectivity index (χ4v) is 1.39. The number of hydrogen-bond acceptors (Lipinski definition) is 3. The van der Waals surface area contributed by atoms with E-state index in [1.54, 1.807) is 30.5 Å². The summed E-state index contributed by atoms with van der Waals surface area (Å²) in [5, 5.41) is 2.72. The molecule has 0 bridgehead atoms. The van der Waals surface area contributed by atoms with Gasteiger partial charge in [-0.05, 0) is 25.1 Å². The zero-order chi connectivity index (χ0) is 13.0. The van der Waals surface area contributed by atoms with Gasteiger partial charge in [0.1, 0.15) is 5.69 Å². The number of nitrogens with zero attached hydrogens (tertiary/aromatic N) is 2. The maximum absolute atomic E-state index is 11.9. The summed E-state index contributed by atoms with van der Waals surface area (Å²) in [6.45, 7) is 1.81. The molecular weight excluding hydrogens is 226 g/mol. The van der Waals surface area contributed by atoms with Crippen LogP contribution in [0.25, 0.3) is 0 Å². The number of benzene rings is 1. The summed E-state index contributed by atoms with van der Waals surface area (Å²) in [7, 11) is 0. The highest BCUT2D eigenvalue weighted by atomic mass is 16.1. The number of carbonyl (C=O) groups is 1. The van der Waals surface area contributed by atoms with Crippen LogP contribution in [0, 0.1) is 19.3 Å². The topological polar surface area (TPSA) is 54.9 Å². The van der Waals surface area contributed by atoms with Gasteiger partial charge in [-0.1, -0.05) is 12.0 Å². The van der Waals surface area contributed by atoms with Crippen LogP contribution < -0.4 is 5.32 Å². The standard InChI is InChI=1S/C14H11N3O/c1-3-11-5-4-6-12(7-11)17-14(18)13-9-15-10(2)8-16-13/h1,4-9H,2H3,(H,17,18). The number of aromatic nitrogens is 2. The van der Waals surface area contributed by atoms with Gasteiger partial charge >= 0.3 is 0 Å². The maximum Gasteiger partial charge on any atom is 0.275 e. The molecule has 0 saturated carbocycles. The SMILES string of the molecule is C#Cc1cccc(NC(=O)c2cnc(C)cn2)c1. The average molecular weight is 237 g/mol. The van der Waals surface area contributed by atoms with Crippen LogP contribution in [-0.4, -0.2) is 15.9 Å². The predicted molar refractivity (Wildman–Crippen MR) is 69.1 cm³/mol. The molecule has 4 nitrogen and oxygen atoms in total. The molecule has 1 heterocycles. The summed E-state index contributed by atoms with van der Waals surface area (Å²) in [6.07, 6.45) is 8.28. The molecule has 2 rings (SSSR count). The van der Waals surface area contributed by atoms with Crippen molar-refractivity contribution in [3.8, 4) is 12.3 Å². The van der Waals surface area contributed by atoms with Crippen molar-refractivity contribution in [3.63, 3.8) is 0 Å². The van der Waals surface area contributed by atoms with Crippen molar-refractivity contribution in [2.24, 2.45) is 0 Å². The molecule has 1 N–H and O–H groups in total. The zero-order valence-corrected chi connectivity index (χ0v) is 9.84. The van der Waals surface area contributed by atoms with Crippen molar-refractivity contribution >= 4 is 11.6 Å². The van der Waals surface area contributed by atoms with E-state index in [-0.39, 0.29) is 11.6 Å². The van der Waals surface area contributed by atoms with Crippen molar-refractivity contribution < 1.29 is 4.79 Å². The van der Waals surface area contributed by atoms with Crippen LogP contribution in [0.2, 0.25) is 0 Å². The third kappa shape index (κ3) is 2.71. The van der Waals surface area contributed by atoms with Gasteiger partial charge in [0.15, 0.2) is 0 Å². The first-order valence-electron chi connectivity index (χ1n) is 5.36. The average Bonchev–Trinajstić information content (AvgIpc) is 2.39. The molecule has 0 aliphatic rings. The number of anilines is 1. The lowest BCUT2D eigenvalue weighted by molar-refractivity contribution is 0.102. The van der Waals surface area contributed by atoms with Crippen LogP contribution in [0.4, 0.5) is 5.69 Å². The van der Waals surface area contributed by atoms with Crippen LogP contribution >= 0.6 is 0 Å². The van der Waals surface area contributed by atoms with E-state index >= 15 is 0 Å². The molecule has 1 amide bonds. The van der Waals surface area contributed by atoms with Crippen molar-refractivity contribution in [2.45, 2.75) is 6.92 Å². The Morgan fingerprint density at radius 3 is 2.83 bits per heavy atom. The Bertz CT molecular complexity index is 612. The number of hydrogen-bond donors (Lipinski definition) is 1. The number of amides is 1. The van der Waals surface area contributed by atoms with Crippen molar-refractivity contribution in [2.75, 3.05) is 5.32 Å². The second kappa shape index (κ2) is 5.11. The normalized spacial score (nSPS) is 9.56. The smallest absolute Gasteiger partial charge is 0.275 e. The van der Waals surface area contributed by atoms with E-state index < -0.39 is 0 Å². The van der Waals surface area contributed by atoms with Crippen LogP contribution in [0.5, 0.6) is 0 Å². The molecule has 0 spiro atoms.